The monoisotopic (exact) mass is 169 g/mol. The van der Waals surface area contributed by atoms with E-state index in [-0.39, 0.29) is 0 Å². The summed E-state index contributed by atoms with van der Waals surface area (Å²) in [6, 6.07) is 0. The Hall–Kier alpha value is 0.0300. The molecule has 0 saturated carbocycles. The molecule has 0 spiro atoms. The van der Waals surface area contributed by atoms with Crippen LogP contribution in [-0.2, 0) is 11.4 Å². The third-order valence-corrected chi connectivity index (χ3v) is 0.762. The van der Waals surface area contributed by atoms with Crippen molar-refractivity contribution < 1.29 is 18.4 Å². The van der Waals surface area contributed by atoms with Crippen molar-refractivity contribution in [1.29, 1.82) is 0 Å². The third-order valence-electron chi connectivity index (χ3n) is 0.762. The van der Waals surface area contributed by atoms with Crippen LogP contribution < -0.4 is 0 Å². The Labute approximate surface area is 63.4 Å². The fourth-order valence-corrected chi connectivity index (χ4v) is 0.362. The lowest BCUT2D eigenvalue weighted by Crippen LogP contribution is -1.78. The van der Waals surface area contributed by atoms with Crippen LogP contribution >= 0.6 is 0 Å². The van der Waals surface area contributed by atoms with Crippen molar-refractivity contribution in [2.75, 3.05) is 6.61 Å². The van der Waals surface area contributed by atoms with E-state index in [0.717, 1.165) is 12.8 Å². The molecule has 0 heterocycles. The van der Waals surface area contributed by atoms with E-state index in [4.69, 9.17) is 18.4 Å². The lowest BCUT2D eigenvalue weighted by Gasteiger charge is -1.85. The predicted octanol–water partition coefficient (Wildman–Crippen LogP) is 0.507. The molecule has 0 aromatic heterocycles. The van der Waals surface area contributed by atoms with Crippen molar-refractivity contribution in [2.24, 2.45) is 0 Å². The van der Waals surface area contributed by atoms with Gasteiger partial charge in [0.15, 0.2) is 0 Å². The molecule has 0 radical (unpaired) electrons. The highest BCUT2D eigenvalue weighted by Crippen LogP contribution is 1.89. The van der Waals surface area contributed by atoms with Crippen molar-refractivity contribution >= 4 is 11.4 Å². The smallest absolute Gasteiger partial charge is 0.0814 e. The van der Waals surface area contributed by atoms with Crippen LogP contribution in [0.4, 0.5) is 0 Å². The van der Waals surface area contributed by atoms with E-state index < -0.39 is 11.4 Å². The SMILES string of the molecule is CCCCCO.O=S([O-])O. The topological polar surface area (TPSA) is 80.6 Å². The second-order valence-electron chi connectivity index (χ2n) is 1.65. The summed E-state index contributed by atoms with van der Waals surface area (Å²) in [7, 11) is 0. The maximum absolute atomic E-state index is 8.56. The first-order valence-corrected chi connectivity index (χ1v) is 4.07. The summed E-state index contributed by atoms with van der Waals surface area (Å²) >= 11 is -2.86. The van der Waals surface area contributed by atoms with E-state index in [9.17, 15) is 0 Å². The first-order valence-electron chi connectivity index (χ1n) is 3.04. The van der Waals surface area contributed by atoms with Crippen molar-refractivity contribution in [1.82, 2.24) is 0 Å². The van der Waals surface area contributed by atoms with Gasteiger partial charge >= 0.3 is 0 Å². The second kappa shape index (κ2) is 11.8. The second-order valence-corrected chi connectivity index (χ2v) is 2.08. The molecule has 0 aromatic rings. The van der Waals surface area contributed by atoms with Gasteiger partial charge in [0.05, 0.1) is 11.4 Å². The van der Waals surface area contributed by atoms with Crippen molar-refractivity contribution in [3.8, 4) is 0 Å². The van der Waals surface area contributed by atoms with Crippen LogP contribution in [-0.4, -0.2) is 25.0 Å². The predicted molar refractivity (Wildman–Crippen MR) is 38.2 cm³/mol. The number of unbranched alkanes of at least 4 members (excludes halogenated alkanes) is 2. The average molecular weight is 169 g/mol. The number of aliphatic hydroxyl groups excluding tert-OH is 1. The van der Waals surface area contributed by atoms with E-state index >= 15 is 0 Å². The number of hydrogen-bond donors (Lipinski definition) is 2. The van der Waals surface area contributed by atoms with Gasteiger partial charge in [0, 0.05) is 6.61 Å². The van der Waals surface area contributed by atoms with Gasteiger partial charge in [0.1, 0.15) is 0 Å². The summed E-state index contributed by atoms with van der Waals surface area (Å²) in [5, 5.41) is 8.20. The standard InChI is InChI=1S/C5H12O.H2O3S/c1-2-3-4-5-6;1-4(2)3/h6H,2-5H2,1H3;(H2,1,2,3)/p-1. The summed E-state index contributed by atoms with van der Waals surface area (Å²) < 4.78 is 24.1. The Morgan fingerprint density at radius 3 is 2.00 bits per heavy atom. The third kappa shape index (κ3) is 43.2. The van der Waals surface area contributed by atoms with E-state index in [1.165, 1.54) is 6.42 Å². The highest BCUT2D eigenvalue weighted by Gasteiger charge is 1.76. The first kappa shape index (κ1) is 12.7. The zero-order valence-corrected chi connectivity index (χ0v) is 6.76. The molecule has 0 aliphatic rings. The maximum atomic E-state index is 8.56. The summed E-state index contributed by atoms with van der Waals surface area (Å²) in [4.78, 5) is 0. The highest BCUT2D eigenvalue weighted by atomic mass is 32.2. The van der Waals surface area contributed by atoms with Crippen LogP contribution in [0.1, 0.15) is 26.2 Å². The minimum atomic E-state index is -2.86. The van der Waals surface area contributed by atoms with Gasteiger partial charge < -0.3 is 14.2 Å². The molecule has 0 aromatic carbocycles. The van der Waals surface area contributed by atoms with Crippen LogP contribution in [0.15, 0.2) is 0 Å². The number of aliphatic hydroxyl groups is 1. The van der Waals surface area contributed by atoms with E-state index in [1.807, 2.05) is 0 Å². The minimum Gasteiger partial charge on any atom is -0.750 e. The molecule has 2 N–H and O–H groups in total. The number of hydrogen-bond acceptors (Lipinski definition) is 3. The molecular weight excluding hydrogens is 156 g/mol. The molecule has 0 bridgehead atoms. The lowest BCUT2D eigenvalue weighted by atomic mass is 10.3. The van der Waals surface area contributed by atoms with E-state index in [1.54, 1.807) is 0 Å². The van der Waals surface area contributed by atoms with Crippen molar-refractivity contribution in [3.63, 3.8) is 0 Å². The van der Waals surface area contributed by atoms with Crippen LogP contribution in [0, 0.1) is 0 Å². The lowest BCUT2D eigenvalue weighted by molar-refractivity contribution is 0.284. The first-order chi connectivity index (χ1) is 4.65. The summed E-state index contributed by atoms with van der Waals surface area (Å²) in [5.41, 5.74) is 0. The minimum absolute atomic E-state index is 0.355. The molecule has 0 amide bonds. The fourth-order valence-electron chi connectivity index (χ4n) is 0.362. The molecule has 4 nitrogen and oxygen atoms in total. The molecule has 5 heteroatoms. The Kier molecular flexibility index (Phi) is 14.9. The van der Waals surface area contributed by atoms with Gasteiger partial charge in [0.2, 0.25) is 0 Å². The number of rotatable bonds is 3. The van der Waals surface area contributed by atoms with Gasteiger partial charge in [-0.15, -0.1) is 0 Å². The van der Waals surface area contributed by atoms with E-state index in [0.29, 0.717) is 6.61 Å². The highest BCUT2D eigenvalue weighted by molar-refractivity contribution is 7.73. The van der Waals surface area contributed by atoms with Gasteiger partial charge in [-0.2, -0.15) is 0 Å². The normalized spacial score (nSPS) is 11.6. The Morgan fingerprint density at radius 2 is 1.90 bits per heavy atom. The van der Waals surface area contributed by atoms with Gasteiger partial charge in [-0.05, 0) is 6.42 Å². The van der Waals surface area contributed by atoms with Crippen LogP contribution in [0.5, 0.6) is 0 Å². The zero-order chi connectivity index (χ0) is 8.41. The molecule has 0 rings (SSSR count). The summed E-state index contributed by atoms with van der Waals surface area (Å²) in [6.45, 7) is 2.48. The molecule has 1 atom stereocenters. The molecule has 0 aliphatic carbocycles. The molecular formula is C5H13O4S-. The molecule has 0 fully saturated rings. The molecule has 10 heavy (non-hydrogen) atoms. The fraction of sp³-hybridized carbons (Fsp3) is 1.00. The summed E-state index contributed by atoms with van der Waals surface area (Å²) in [5.74, 6) is 0. The summed E-state index contributed by atoms with van der Waals surface area (Å²) in [6.07, 6.45) is 3.33. The van der Waals surface area contributed by atoms with Crippen LogP contribution in [0.3, 0.4) is 0 Å². The van der Waals surface area contributed by atoms with Crippen LogP contribution in [0.2, 0.25) is 0 Å². The van der Waals surface area contributed by atoms with Gasteiger partial charge in [-0.25, -0.2) is 4.21 Å². The van der Waals surface area contributed by atoms with E-state index in [2.05, 4.69) is 6.92 Å². The molecule has 0 aliphatic heterocycles. The Morgan fingerprint density at radius 1 is 1.50 bits per heavy atom. The maximum Gasteiger partial charge on any atom is 0.0814 e. The molecule has 1 unspecified atom stereocenters. The van der Waals surface area contributed by atoms with Crippen molar-refractivity contribution in [2.45, 2.75) is 26.2 Å². The van der Waals surface area contributed by atoms with Crippen molar-refractivity contribution in [3.05, 3.63) is 0 Å². The average Bonchev–Trinajstić information content (AvgIpc) is 1.82. The Balaban J connectivity index is 0. The van der Waals surface area contributed by atoms with Gasteiger partial charge in [-0.1, -0.05) is 19.8 Å². The molecule has 64 valence electrons. The zero-order valence-electron chi connectivity index (χ0n) is 5.95. The van der Waals surface area contributed by atoms with Gasteiger partial charge in [-0.3, -0.25) is 0 Å². The largest absolute Gasteiger partial charge is 0.750 e. The van der Waals surface area contributed by atoms with Gasteiger partial charge in [0.25, 0.3) is 0 Å². The quantitative estimate of drug-likeness (QED) is 0.476. The molecule has 0 saturated heterocycles. The van der Waals surface area contributed by atoms with Crippen LogP contribution in [0.25, 0.3) is 0 Å². The Bertz CT molecular complexity index is 68.0.